The largest absolute Gasteiger partial charge is 0.496 e. The van der Waals surface area contributed by atoms with E-state index >= 15 is 0 Å². The molecule has 1 fully saturated rings. The molecule has 0 radical (unpaired) electrons. The minimum Gasteiger partial charge on any atom is -0.496 e. The van der Waals surface area contributed by atoms with E-state index in [1.54, 1.807) is 13.2 Å². The molecule has 0 spiro atoms. The Morgan fingerprint density at radius 2 is 2.33 bits per heavy atom. The van der Waals surface area contributed by atoms with Crippen molar-refractivity contribution >= 4 is 0 Å². The number of nitriles is 1. The molecule has 1 saturated heterocycles. The molecular weight excluding hydrogens is 224 g/mol. The number of ether oxygens (including phenoxy) is 1. The van der Waals surface area contributed by atoms with Crippen LogP contribution in [0.15, 0.2) is 18.2 Å². The quantitative estimate of drug-likeness (QED) is 0.820. The second-order valence-corrected chi connectivity index (χ2v) is 5.12. The summed E-state index contributed by atoms with van der Waals surface area (Å²) in [6.07, 6.45) is 2.59. The Labute approximate surface area is 109 Å². The highest BCUT2D eigenvalue weighted by molar-refractivity contribution is 5.42. The van der Waals surface area contributed by atoms with Gasteiger partial charge in [0.05, 0.1) is 18.7 Å². The van der Waals surface area contributed by atoms with Crippen molar-refractivity contribution < 1.29 is 4.74 Å². The Bertz CT molecular complexity index is 450. The molecule has 3 heteroatoms. The maximum absolute atomic E-state index is 8.97. The number of hydrogen-bond donors (Lipinski definition) is 0. The second-order valence-electron chi connectivity index (χ2n) is 5.12. The van der Waals surface area contributed by atoms with Crippen molar-refractivity contribution in [2.45, 2.75) is 26.3 Å². The van der Waals surface area contributed by atoms with Crippen molar-refractivity contribution in [3.05, 3.63) is 29.3 Å². The lowest BCUT2D eigenvalue weighted by atomic mass is 9.99. The van der Waals surface area contributed by atoms with Crippen molar-refractivity contribution in [1.29, 1.82) is 5.26 Å². The SMILES string of the molecule is COc1ccc(C#N)cc1CN1CCCC(C)C1. The minimum absolute atomic E-state index is 0.704. The smallest absolute Gasteiger partial charge is 0.123 e. The Kier molecular flexibility index (Phi) is 4.22. The molecule has 2 rings (SSSR count). The van der Waals surface area contributed by atoms with E-state index in [0.29, 0.717) is 5.56 Å². The van der Waals surface area contributed by atoms with Crippen LogP contribution in [-0.2, 0) is 6.54 Å². The summed E-state index contributed by atoms with van der Waals surface area (Å²) in [6.45, 7) is 5.46. The number of benzene rings is 1. The van der Waals surface area contributed by atoms with E-state index in [4.69, 9.17) is 10.00 Å². The Hall–Kier alpha value is -1.53. The van der Waals surface area contributed by atoms with E-state index in [9.17, 15) is 0 Å². The molecule has 18 heavy (non-hydrogen) atoms. The summed E-state index contributed by atoms with van der Waals surface area (Å²) in [5.41, 5.74) is 1.82. The van der Waals surface area contributed by atoms with Gasteiger partial charge >= 0.3 is 0 Å². The third-order valence-electron chi connectivity index (χ3n) is 3.54. The summed E-state index contributed by atoms with van der Waals surface area (Å²) in [6, 6.07) is 7.83. The fraction of sp³-hybridized carbons (Fsp3) is 0.533. The van der Waals surface area contributed by atoms with Crippen LogP contribution in [0.25, 0.3) is 0 Å². The first-order valence-corrected chi connectivity index (χ1v) is 6.52. The van der Waals surface area contributed by atoms with Gasteiger partial charge in [0.1, 0.15) is 5.75 Å². The fourth-order valence-corrected chi connectivity index (χ4v) is 2.64. The first-order chi connectivity index (χ1) is 8.72. The molecule has 1 aromatic rings. The number of likely N-dealkylation sites (tertiary alicyclic amines) is 1. The zero-order chi connectivity index (χ0) is 13.0. The van der Waals surface area contributed by atoms with Gasteiger partial charge in [-0.2, -0.15) is 5.26 Å². The summed E-state index contributed by atoms with van der Waals surface area (Å²) >= 11 is 0. The molecule has 1 atom stereocenters. The van der Waals surface area contributed by atoms with E-state index in [-0.39, 0.29) is 0 Å². The number of hydrogen-bond acceptors (Lipinski definition) is 3. The molecule has 0 bridgehead atoms. The normalized spacial score (nSPS) is 20.4. The maximum atomic E-state index is 8.97. The molecular formula is C15H20N2O. The molecule has 0 N–H and O–H groups in total. The number of methoxy groups -OCH3 is 1. The van der Waals surface area contributed by atoms with Crippen LogP contribution in [0.5, 0.6) is 5.75 Å². The third kappa shape index (κ3) is 3.02. The molecule has 1 heterocycles. The zero-order valence-electron chi connectivity index (χ0n) is 11.1. The van der Waals surface area contributed by atoms with Crippen molar-refractivity contribution in [2.24, 2.45) is 5.92 Å². The lowest BCUT2D eigenvalue weighted by molar-refractivity contribution is 0.175. The minimum atomic E-state index is 0.704. The van der Waals surface area contributed by atoms with Gasteiger partial charge in [-0.15, -0.1) is 0 Å². The Balaban J connectivity index is 2.14. The van der Waals surface area contributed by atoms with Gasteiger partial charge in [0.25, 0.3) is 0 Å². The van der Waals surface area contributed by atoms with Crippen LogP contribution in [0.3, 0.4) is 0 Å². The van der Waals surface area contributed by atoms with E-state index in [1.165, 1.54) is 12.8 Å². The topological polar surface area (TPSA) is 36.3 Å². The highest BCUT2D eigenvalue weighted by Gasteiger charge is 2.17. The molecule has 0 aliphatic carbocycles. The lowest BCUT2D eigenvalue weighted by Crippen LogP contribution is -2.33. The van der Waals surface area contributed by atoms with Crippen LogP contribution < -0.4 is 4.74 Å². The molecule has 1 unspecified atom stereocenters. The summed E-state index contributed by atoms with van der Waals surface area (Å²) in [4.78, 5) is 2.45. The molecule has 0 aromatic heterocycles. The van der Waals surface area contributed by atoms with Crippen LogP contribution in [-0.4, -0.2) is 25.1 Å². The lowest BCUT2D eigenvalue weighted by Gasteiger charge is -2.31. The summed E-state index contributed by atoms with van der Waals surface area (Å²) in [7, 11) is 1.68. The highest BCUT2D eigenvalue weighted by atomic mass is 16.5. The van der Waals surface area contributed by atoms with Crippen LogP contribution in [0.2, 0.25) is 0 Å². The zero-order valence-corrected chi connectivity index (χ0v) is 11.1. The average Bonchev–Trinajstić information content (AvgIpc) is 2.38. The first-order valence-electron chi connectivity index (χ1n) is 6.52. The van der Waals surface area contributed by atoms with E-state index in [0.717, 1.165) is 36.9 Å². The first kappa shape index (κ1) is 12.9. The molecule has 1 aromatic carbocycles. The van der Waals surface area contributed by atoms with Crippen molar-refractivity contribution in [3.63, 3.8) is 0 Å². The van der Waals surface area contributed by atoms with Crippen LogP contribution in [0, 0.1) is 17.2 Å². The number of nitrogens with zero attached hydrogens (tertiary/aromatic N) is 2. The van der Waals surface area contributed by atoms with Gasteiger partial charge in [-0.05, 0) is 43.5 Å². The van der Waals surface area contributed by atoms with Crippen LogP contribution >= 0.6 is 0 Å². The molecule has 3 nitrogen and oxygen atoms in total. The fourth-order valence-electron chi connectivity index (χ4n) is 2.64. The average molecular weight is 244 g/mol. The summed E-state index contributed by atoms with van der Waals surface area (Å²) in [5.74, 6) is 1.65. The van der Waals surface area contributed by atoms with E-state index in [2.05, 4.69) is 17.9 Å². The predicted octanol–water partition coefficient (Wildman–Crippen LogP) is 2.80. The van der Waals surface area contributed by atoms with Crippen LogP contribution in [0.4, 0.5) is 0 Å². The predicted molar refractivity (Wildman–Crippen MR) is 71.4 cm³/mol. The van der Waals surface area contributed by atoms with Gasteiger partial charge in [-0.25, -0.2) is 0 Å². The van der Waals surface area contributed by atoms with Gasteiger partial charge in [0.2, 0.25) is 0 Å². The van der Waals surface area contributed by atoms with Crippen molar-refractivity contribution in [1.82, 2.24) is 4.90 Å². The Morgan fingerprint density at radius 1 is 1.50 bits per heavy atom. The maximum Gasteiger partial charge on any atom is 0.123 e. The van der Waals surface area contributed by atoms with Crippen molar-refractivity contribution in [2.75, 3.05) is 20.2 Å². The van der Waals surface area contributed by atoms with E-state index < -0.39 is 0 Å². The van der Waals surface area contributed by atoms with Crippen LogP contribution in [0.1, 0.15) is 30.9 Å². The van der Waals surface area contributed by atoms with Gasteiger partial charge < -0.3 is 4.74 Å². The third-order valence-corrected chi connectivity index (χ3v) is 3.54. The highest BCUT2D eigenvalue weighted by Crippen LogP contribution is 2.24. The molecule has 96 valence electrons. The van der Waals surface area contributed by atoms with Gasteiger partial charge in [-0.1, -0.05) is 6.92 Å². The molecule has 0 saturated carbocycles. The molecule has 0 amide bonds. The standard InChI is InChI=1S/C15H20N2O/c1-12-4-3-7-17(10-12)11-14-8-13(9-16)5-6-15(14)18-2/h5-6,8,12H,3-4,7,10-11H2,1-2H3. The summed E-state index contributed by atoms with van der Waals surface area (Å²) in [5, 5.41) is 8.97. The second kappa shape index (κ2) is 5.88. The van der Waals surface area contributed by atoms with Gasteiger partial charge in [0.15, 0.2) is 0 Å². The number of rotatable bonds is 3. The van der Waals surface area contributed by atoms with Gasteiger partial charge in [0, 0.05) is 18.7 Å². The van der Waals surface area contributed by atoms with Crippen molar-refractivity contribution in [3.8, 4) is 11.8 Å². The molecule has 1 aliphatic rings. The van der Waals surface area contributed by atoms with Gasteiger partial charge in [-0.3, -0.25) is 4.90 Å². The monoisotopic (exact) mass is 244 g/mol. The number of piperidine rings is 1. The van der Waals surface area contributed by atoms with E-state index in [1.807, 2.05) is 12.1 Å². The summed E-state index contributed by atoms with van der Waals surface area (Å²) < 4.78 is 5.38. The molecule has 1 aliphatic heterocycles. The Morgan fingerprint density at radius 3 is 3.00 bits per heavy atom.